The van der Waals surface area contributed by atoms with Crippen molar-refractivity contribution in [3.05, 3.63) is 5.82 Å². The molecule has 0 radical (unpaired) electrons. The number of anilines is 1. The van der Waals surface area contributed by atoms with Gasteiger partial charge in [-0.15, -0.1) is 15.3 Å². The van der Waals surface area contributed by atoms with Crippen LogP contribution in [-0.4, -0.2) is 49.1 Å². The van der Waals surface area contributed by atoms with Gasteiger partial charge in [-0.25, -0.2) is 4.68 Å². The van der Waals surface area contributed by atoms with Crippen LogP contribution in [0.15, 0.2) is 5.16 Å². The highest BCUT2D eigenvalue weighted by Crippen LogP contribution is 2.27. The first-order valence-corrected chi connectivity index (χ1v) is 8.03. The van der Waals surface area contributed by atoms with Gasteiger partial charge in [-0.3, -0.25) is 4.57 Å². The van der Waals surface area contributed by atoms with Crippen LogP contribution in [-0.2, 0) is 12.3 Å². The van der Waals surface area contributed by atoms with Crippen LogP contribution in [0.3, 0.4) is 0 Å². The third kappa shape index (κ3) is 3.52. The Morgan fingerprint density at radius 1 is 1.19 bits per heavy atom. The van der Waals surface area contributed by atoms with Crippen LogP contribution in [0.5, 0.6) is 0 Å². The summed E-state index contributed by atoms with van der Waals surface area (Å²) in [5, 5.41) is 21.3. The van der Waals surface area contributed by atoms with Crippen LogP contribution in [0.25, 0.3) is 0 Å². The number of hydrogen-bond acceptors (Lipinski definition) is 7. The molecule has 0 aliphatic carbocycles. The molecule has 0 aromatic carbocycles. The minimum absolute atomic E-state index is 0.298. The van der Waals surface area contributed by atoms with Gasteiger partial charge in [-0.1, -0.05) is 18.7 Å². The van der Waals surface area contributed by atoms with Gasteiger partial charge in [0.1, 0.15) is 0 Å². The van der Waals surface area contributed by atoms with E-state index in [1.165, 1.54) is 0 Å². The van der Waals surface area contributed by atoms with Gasteiger partial charge in [0.25, 0.3) is 0 Å². The molecule has 2 rings (SSSR count). The number of tetrazole rings is 1. The molecule has 2 aromatic rings. The van der Waals surface area contributed by atoms with Crippen molar-refractivity contribution in [1.29, 1.82) is 0 Å². The van der Waals surface area contributed by atoms with E-state index in [0.29, 0.717) is 11.8 Å². The Labute approximate surface area is 128 Å². The summed E-state index contributed by atoms with van der Waals surface area (Å²) in [5.74, 6) is 2.41. The first kappa shape index (κ1) is 15.7. The summed E-state index contributed by atoms with van der Waals surface area (Å²) in [6, 6.07) is 0.298. The molecule has 0 spiro atoms. The molecule has 0 bridgehead atoms. The van der Waals surface area contributed by atoms with Gasteiger partial charge in [-0.05, 0) is 30.7 Å². The minimum Gasteiger partial charge on any atom is -0.347 e. The molecule has 9 heteroatoms. The number of thioether (sulfide) groups is 1. The van der Waals surface area contributed by atoms with Crippen molar-refractivity contribution in [1.82, 2.24) is 35.0 Å². The number of rotatable bonds is 7. The third-order valence-corrected chi connectivity index (χ3v) is 3.87. The van der Waals surface area contributed by atoms with Crippen molar-refractivity contribution in [2.75, 3.05) is 19.0 Å². The summed E-state index contributed by atoms with van der Waals surface area (Å²) in [6.07, 6.45) is 1.01. The van der Waals surface area contributed by atoms with Crippen LogP contribution < -0.4 is 4.90 Å². The predicted octanol–water partition coefficient (Wildman–Crippen LogP) is 1.61. The lowest BCUT2D eigenvalue weighted by Gasteiger charge is -2.17. The molecular formula is C12H22N8S. The Hall–Kier alpha value is -1.64. The number of nitrogens with zero attached hydrogens (tertiary/aromatic N) is 8. The lowest BCUT2D eigenvalue weighted by Crippen LogP contribution is -2.17. The summed E-state index contributed by atoms with van der Waals surface area (Å²) in [7, 11) is 3.94. The quantitative estimate of drug-likeness (QED) is 0.719. The van der Waals surface area contributed by atoms with Crippen LogP contribution >= 0.6 is 11.8 Å². The molecule has 0 fully saturated rings. The summed E-state index contributed by atoms with van der Waals surface area (Å²) in [4.78, 5) is 1.97. The van der Waals surface area contributed by atoms with Crippen LogP contribution in [0.2, 0.25) is 0 Å². The molecule has 116 valence electrons. The van der Waals surface area contributed by atoms with Gasteiger partial charge in [0.15, 0.2) is 11.0 Å². The molecule has 2 heterocycles. The van der Waals surface area contributed by atoms with Crippen molar-refractivity contribution >= 4 is 17.7 Å². The fraction of sp³-hybridized carbons (Fsp3) is 0.750. The largest absolute Gasteiger partial charge is 0.347 e. The van der Waals surface area contributed by atoms with E-state index >= 15 is 0 Å². The van der Waals surface area contributed by atoms with Crippen LogP contribution in [0, 0.1) is 0 Å². The zero-order valence-electron chi connectivity index (χ0n) is 13.2. The highest BCUT2D eigenvalue weighted by atomic mass is 32.2. The van der Waals surface area contributed by atoms with Crippen molar-refractivity contribution in [3.63, 3.8) is 0 Å². The average Bonchev–Trinajstić information content (AvgIpc) is 3.02. The standard InChI is InChI=1S/C12H22N8S/c1-6-7-19-10(13-16-17-19)8-21-12-15-14-11(18(4)5)20(12)9(2)3/h9H,6-8H2,1-5H3. The lowest BCUT2D eigenvalue weighted by molar-refractivity contribution is 0.547. The van der Waals surface area contributed by atoms with Gasteiger partial charge < -0.3 is 4.90 Å². The molecule has 0 aliphatic rings. The van der Waals surface area contributed by atoms with E-state index < -0.39 is 0 Å². The lowest BCUT2D eigenvalue weighted by atomic mass is 10.4. The molecule has 0 N–H and O–H groups in total. The zero-order chi connectivity index (χ0) is 15.4. The van der Waals surface area contributed by atoms with Crippen molar-refractivity contribution in [2.45, 2.75) is 50.7 Å². The second-order valence-corrected chi connectivity index (χ2v) is 6.19. The van der Waals surface area contributed by atoms with E-state index in [9.17, 15) is 0 Å². The van der Waals surface area contributed by atoms with Crippen LogP contribution in [0.1, 0.15) is 39.1 Å². The molecule has 21 heavy (non-hydrogen) atoms. The first-order chi connectivity index (χ1) is 10.0. The molecule has 0 atom stereocenters. The van der Waals surface area contributed by atoms with E-state index in [1.807, 2.05) is 23.7 Å². The van der Waals surface area contributed by atoms with Gasteiger partial charge in [0.05, 0.1) is 5.75 Å². The number of aryl methyl sites for hydroxylation is 1. The highest BCUT2D eigenvalue weighted by Gasteiger charge is 2.17. The normalized spacial score (nSPS) is 11.3. The molecule has 0 amide bonds. The smallest absolute Gasteiger partial charge is 0.227 e. The SMILES string of the molecule is CCCn1nnnc1CSc1nnc(N(C)C)n1C(C)C. The van der Waals surface area contributed by atoms with E-state index in [-0.39, 0.29) is 0 Å². The minimum atomic E-state index is 0.298. The van der Waals surface area contributed by atoms with Crippen LogP contribution in [0.4, 0.5) is 5.95 Å². The molecule has 0 saturated carbocycles. The van der Waals surface area contributed by atoms with E-state index in [2.05, 4.69) is 51.1 Å². The van der Waals surface area contributed by atoms with Crippen molar-refractivity contribution in [2.24, 2.45) is 0 Å². The van der Waals surface area contributed by atoms with Gasteiger partial charge in [0, 0.05) is 26.7 Å². The van der Waals surface area contributed by atoms with E-state index in [4.69, 9.17) is 0 Å². The molecule has 0 unspecified atom stereocenters. The highest BCUT2D eigenvalue weighted by molar-refractivity contribution is 7.98. The summed E-state index contributed by atoms with van der Waals surface area (Å²) in [5.41, 5.74) is 0. The van der Waals surface area contributed by atoms with Crippen molar-refractivity contribution < 1.29 is 0 Å². The van der Waals surface area contributed by atoms with Gasteiger partial charge >= 0.3 is 0 Å². The Morgan fingerprint density at radius 2 is 1.95 bits per heavy atom. The maximum absolute atomic E-state index is 4.29. The van der Waals surface area contributed by atoms with Gasteiger partial charge in [-0.2, -0.15) is 0 Å². The number of hydrogen-bond donors (Lipinski definition) is 0. The predicted molar refractivity (Wildman–Crippen MR) is 82.4 cm³/mol. The van der Waals surface area contributed by atoms with E-state index in [0.717, 1.165) is 29.9 Å². The Morgan fingerprint density at radius 3 is 2.57 bits per heavy atom. The second kappa shape index (κ2) is 6.88. The molecular weight excluding hydrogens is 288 g/mol. The maximum atomic E-state index is 4.29. The Bertz CT molecular complexity index is 574. The molecule has 0 aliphatic heterocycles. The summed E-state index contributed by atoms with van der Waals surface area (Å²) >= 11 is 1.61. The number of aromatic nitrogens is 7. The Balaban J connectivity index is 2.14. The monoisotopic (exact) mass is 310 g/mol. The van der Waals surface area contributed by atoms with Crippen molar-refractivity contribution in [3.8, 4) is 0 Å². The fourth-order valence-corrected chi connectivity index (χ4v) is 2.96. The second-order valence-electron chi connectivity index (χ2n) is 5.25. The first-order valence-electron chi connectivity index (χ1n) is 7.04. The molecule has 2 aromatic heterocycles. The van der Waals surface area contributed by atoms with E-state index in [1.54, 1.807) is 11.8 Å². The molecule has 0 saturated heterocycles. The third-order valence-electron chi connectivity index (χ3n) is 2.93. The fourth-order valence-electron chi connectivity index (χ4n) is 1.97. The molecule has 8 nitrogen and oxygen atoms in total. The zero-order valence-corrected chi connectivity index (χ0v) is 14.0. The average molecular weight is 310 g/mol. The maximum Gasteiger partial charge on any atom is 0.227 e. The summed E-state index contributed by atoms with van der Waals surface area (Å²) in [6.45, 7) is 7.20. The summed E-state index contributed by atoms with van der Waals surface area (Å²) < 4.78 is 3.97. The topological polar surface area (TPSA) is 77.5 Å². The van der Waals surface area contributed by atoms with Gasteiger partial charge in [0.2, 0.25) is 5.95 Å². The Kier molecular flexibility index (Phi) is 5.16.